The van der Waals surface area contributed by atoms with E-state index in [0.717, 1.165) is 21.6 Å². The van der Waals surface area contributed by atoms with Gasteiger partial charge in [-0.2, -0.15) is 0 Å². The number of benzene rings is 2. The van der Waals surface area contributed by atoms with Gasteiger partial charge in [0.15, 0.2) is 11.5 Å². The van der Waals surface area contributed by atoms with E-state index in [2.05, 4.69) is 26.6 Å². The van der Waals surface area contributed by atoms with Crippen molar-refractivity contribution in [1.82, 2.24) is 0 Å². The Kier molecular flexibility index (Phi) is 5.25. The van der Waals surface area contributed by atoms with E-state index >= 15 is 0 Å². The van der Waals surface area contributed by atoms with E-state index in [-0.39, 0.29) is 11.9 Å². The molecule has 0 fully saturated rings. The number of nitrogens with one attached hydrogen (secondary N) is 2. The summed E-state index contributed by atoms with van der Waals surface area (Å²) in [5, 5.41) is 6.18. The Morgan fingerprint density at radius 2 is 1.75 bits per heavy atom. The minimum absolute atomic E-state index is 0.0743. The Morgan fingerprint density at radius 3 is 2.46 bits per heavy atom. The van der Waals surface area contributed by atoms with Crippen molar-refractivity contribution >= 4 is 33.2 Å². The van der Waals surface area contributed by atoms with Gasteiger partial charge in [-0.1, -0.05) is 22.9 Å². The van der Waals surface area contributed by atoms with Crippen LogP contribution in [0, 0.1) is 0 Å². The number of ether oxygens (including phenoxy) is 2. The zero-order chi connectivity index (χ0) is 16.9. The molecule has 2 N–H and O–H groups in total. The third-order valence-electron chi connectivity index (χ3n) is 3.72. The number of hydrogen-bond donors (Lipinski definition) is 2. The van der Waals surface area contributed by atoms with Crippen LogP contribution >= 0.6 is 15.9 Å². The number of halogens is 1. The zero-order valence-electron chi connectivity index (χ0n) is 13.3. The summed E-state index contributed by atoms with van der Waals surface area (Å²) < 4.78 is 12.1. The smallest absolute Gasteiger partial charge is 0.246 e. The van der Waals surface area contributed by atoms with Gasteiger partial charge in [-0.25, -0.2) is 0 Å². The van der Waals surface area contributed by atoms with Crippen LogP contribution in [0.3, 0.4) is 0 Å². The van der Waals surface area contributed by atoms with Crippen LogP contribution in [0.1, 0.15) is 13.3 Å². The van der Waals surface area contributed by atoms with E-state index in [4.69, 9.17) is 9.47 Å². The van der Waals surface area contributed by atoms with Crippen molar-refractivity contribution in [3.05, 3.63) is 46.9 Å². The summed E-state index contributed by atoms with van der Waals surface area (Å²) in [5.74, 6) is 1.36. The van der Waals surface area contributed by atoms with E-state index in [9.17, 15) is 4.79 Å². The molecular formula is C18H19BrN2O3. The lowest BCUT2D eigenvalue weighted by molar-refractivity contribution is -0.116. The highest BCUT2D eigenvalue weighted by Crippen LogP contribution is 2.32. The molecule has 0 saturated carbocycles. The second kappa shape index (κ2) is 7.57. The molecule has 0 spiro atoms. The van der Waals surface area contributed by atoms with Gasteiger partial charge in [0.2, 0.25) is 5.91 Å². The average Bonchev–Trinajstić information content (AvgIpc) is 2.61. The van der Waals surface area contributed by atoms with Gasteiger partial charge in [-0.15, -0.1) is 0 Å². The van der Waals surface area contributed by atoms with E-state index < -0.39 is 0 Å². The van der Waals surface area contributed by atoms with Gasteiger partial charge in [-0.3, -0.25) is 4.79 Å². The van der Waals surface area contributed by atoms with Crippen molar-refractivity contribution in [3.63, 3.8) is 0 Å². The third-order valence-corrected chi connectivity index (χ3v) is 4.25. The second-order valence-electron chi connectivity index (χ2n) is 5.46. The molecule has 0 aromatic heterocycles. The molecule has 24 heavy (non-hydrogen) atoms. The van der Waals surface area contributed by atoms with Crippen molar-refractivity contribution in [2.45, 2.75) is 19.4 Å². The molecule has 0 aliphatic carbocycles. The fraction of sp³-hybridized carbons (Fsp3) is 0.278. The highest BCUT2D eigenvalue weighted by atomic mass is 79.9. The SMILES string of the molecule is CCC(Nc1ccc2c(c1)OCCO2)C(=O)Nc1ccc(Br)cc1. The molecule has 1 unspecified atom stereocenters. The highest BCUT2D eigenvalue weighted by molar-refractivity contribution is 9.10. The molecule has 1 amide bonds. The third kappa shape index (κ3) is 4.00. The number of carbonyl (C=O) groups is 1. The predicted molar refractivity (Wildman–Crippen MR) is 97.9 cm³/mol. The van der Waals surface area contributed by atoms with Crippen molar-refractivity contribution in [2.75, 3.05) is 23.8 Å². The maximum atomic E-state index is 12.5. The first-order valence-electron chi connectivity index (χ1n) is 7.88. The quantitative estimate of drug-likeness (QED) is 0.808. The molecule has 1 aliphatic heterocycles. The van der Waals surface area contributed by atoms with Crippen LogP contribution in [0.5, 0.6) is 11.5 Å². The Hall–Kier alpha value is -2.21. The standard InChI is InChI=1S/C18H19BrN2O3/c1-2-15(18(22)21-13-5-3-12(19)4-6-13)20-14-7-8-16-17(11-14)24-10-9-23-16/h3-8,11,15,20H,2,9-10H2,1H3,(H,21,22). The van der Waals surface area contributed by atoms with Crippen molar-refractivity contribution in [2.24, 2.45) is 0 Å². The largest absolute Gasteiger partial charge is 0.486 e. The van der Waals surface area contributed by atoms with Crippen LogP contribution < -0.4 is 20.1 Å². The van der Waals surface area contributed by atoms with Gasteiger partial charge < -0.3 is 20.1 Å². The molecule has 126 valence electrons. The summed E-state index contributed by atoms with van der Waals surface area (Å²) in [6, 6.07) is 12.8. The number of anilines is 2. The lowest BCUT2D eigenvalue weighted by atomic mass is 10.1. The number of rotatable bonds is 5. The monoisotopic (exact) mass is 390 g/mol. The van der Waals surface area contributed by atoms with Gasteiger partial charge >= 0.3 is 0 Å². The summed E-state index contributed by atoms with van der Waals surface area (Å²) in [6.07, 6.45) is 0.663. The average molecular weight is 391 g/mol. The maximum absolute atomic E-state index is 12.5. The lowest BCUT2D eigenvalue weighted by Gasteiger charge is -2.21. The van der Waals surface area contributed by atoms with Crippen molar-refractivity contribution < 1.29 is 14.3 Å². The minimum Gasteiger partial charge on any atom is -0.486 e. The van der Waals surface area contributed by atoms with E-state index in [1.165, 1.54) is 0 Å². The summed E-state index contributed by atoms with van der Waals surface area (Å²) >= 11 is 3.38. The molecule has 2 aromatic carbocycles. The van der Waals surface area contributed by atoms with Gasteiger partial charge in [-0.05, 0) is 42.8 Å². The molecule has 1 aliphatic rings. The number of hydrogen-bond acceptors (Lipinski definition) is 4. The van der Waals surface area contributed by atoms with Crippen LogP contribution in [0.25, 0.3) is 0 Å². The molecule has 1 atom stereocenters. The summed E-state index contributed by atoms with van der Waals surface area (Å²) in [6.45, 7) is 3.07. The molecule has 0 saturated heterocycles. The van der Waals surface area contributed by atoms with Crippen LogP contribution in [-0.4, -0.2) is 25.2 Å². The van der Waals surface area contributed by atoms with Gasteiger partial charge in [0.1, 0.15) is 19.3 Å². The molecule has 0 radical (unpaired) electrons. The van der Waals surface area contributed by atoms with Crippen molar-refractivity contribution in [3.8, 4) is 11.5 Å². The lowest BCUT2D eigenvalue weighted by Crippen LogP contribution is -2.34. The van der Waals surface area contributed by atoms with E-state index in [0.29, 0.717) is 25.4 Å². The van der Waals surface area contributed by atoms with Crippen LogP contribution in [-0.2, 0) is 4.79 Å². The summed E-state index contributed by atoms with van der Waals surface area (Å²) in [4.78, 5) is 12.5. The zero-order valence-corrected chi connectivity index (χ0v) is 14.9. The predicted octanol–water partition coefficient (Wildman–Crippen LogP) is 4.05. The Balaban J connectivity index is 1.67. The number of fused-ring (bicyclic) bond motifs is 1. The first kappa shape index (κ1) is 16.6. The van der Waals surface area contributed by atoms with Gasteiger partial charge in [0, 0.05) is 21.9 Å². The van der Waals surface area contributed by atoms with E-state index in [1.54, 1.807) is 0 Å². The van der Waals surface area contributed by atoms with E-state index in [1.807, 2.05) is 49.4 Å². The molecule has 5 nitrogen and oxygen atoms in total. The van der Waals surface area contributed by atoms with Crippen LogP contribution in [0.4, 0.5) is 11.4 Å². The molecule has 6 heteroatoms. The van der Waals surface area contributed by atoms with Gasteiger partial charge in [0.05, 0.1) is 0 Å². The Labute approximate surface area is 149 Å². The minimum atomic E-state index is -0.337. The highest BCUT2D eigenvalue weighted by Gasteiger charge is 2.18. The molecule has 2 aromatic rings. The topological polar surface area (TPSA) is 59.6 Å². The van der Waals surface area contributed by atoms with Crippen LogP contribution in [0.2, 0.25) is 0 Å². The fourth-order valence-corrected chi connectivity index (χ4v) is 2.71. The van der Waals surface area contributed by atoms with Crippen LogP contribution in [0.15, 0.2) is 46.9 Å². The normalized spacial score (nSPS) is 13.9. The summed E-state index contributed by atoms with van der Waals surface area (Å²) in [7, 11) is 0. The first-order valence-corrected chi connectivity index (χ1v) is 8.67. The Bertz CT molecular complexity index is 719. The number of carbonyl (C=O) groups excluding carboxylic acids is 1. The molecule has 3 rings (SSSR count). The second-order valence-corrected chi connectivity index (χ2v) is 6.38. The molecular weight excluding hydrogens is 372 g/mol. The molecule has 0 bridgehead atoms. The number of amides is 1. The maximum Gasteiger partial charge on any atom is 0.246 e. The van der Waals surface area contributed by atoms with Crippen molar-refractivity contribution in [1.29, 1.82) is 0 Å². The fourth-order valence-electron chi connectivity index (χ4n) is 2.45. The molecule has 1 heterocycles. The first-order chi connectivity index (χ1) is 11.7. The summed E-state index contributed by atoms with van der Waals surface area (Å²) in [5.41, 5.74) is 1.60. The van der Waals surface area contributed by atoms with Gasteiger partial charge in [0.25, 0.3) is 0 Å². The Morgan fingerprint density at radius 1 is 1.08 bits per heavy atom.